The van der Waals surface area contributed by atoms with Crippen molar-refractivity contribution in [2.75, 3.05) is 11.9 Å². The summed E-state index contributed by atoms with van der Waals surface area (Å²) in [4.78, 5) is 14.5. The summed E-state index contributed by atoms with van der Waals surface area (Å²) in [6, 6.07) is 4.98. The normalized spacial score (nSPS) is 19.7. The first-order valence-corrected chi connectivity index (χ1v) is 9.36. The van der Waals surface area contributed by atoms with Crippen molar-refractivity contribution in [1.82, 2.24) is 20.4 Å². The van der Waals surface area contributed by atoms with Crippen LogP contribution >= 0.6 is 0 Å². The zero-order valence-electron chi connectivity index (χ0n) is 15.7. The lowest BCUT2D eigenvalue weighted by Crippen LogP contribution is -2.30. The molecule has 1 aromatic carbocycles. The quantitative estimate of drug-likeness (QED) is 0.771. The number of anilines is 1. The van der Waals surface area contributed by atoms with Gasteiger partial charge in [0.2, 0.25) is 0 Å². The number of aromatic nitrogens is 2. The van der Waals surface area contributed by atoms with Crippen LogP contribution in [0.2, 0.25) is 0 Å². The minimum Gasteiger partial charge on any atom is -0.316 e. The Morgan fingerprint density at radius 1 is 1.31 bits per heavy atom. The van der Waals surface area contributed by atoms with Crippen molar-refractivity contribution < 1.29 is 4.79 Å². The zero-order valence-corrected chi connectivity index (χ0v) is 15.7. The second kappa shape index (κ2) is 6.43. The van der Waals surface area contributed by atoms with Crippen LogP contribution in [0.4, 0.5) is 10.5 Å². The highest BCUT2D eigenvalue weighted by Gasteiger charge is 2.31. The van der Waals surface area contributed by atoms with Gasteiger partial charge < -0.3 is 15.5 Å². The molecule has 1 atom stereocenters. The molecule has 0 aliphatic carbocycles. The van der Waals surface area contributed by atoms with Crippen LogP contribution in [0.3, 0.4) is 0 Å². The maximum Gasteiger partial charge on any atom is 0.322 e. The van der Waals surface area contributed by atoms with E-state index in [4.69, 9.17) is 0 Å². The average molecular weight is 353 g/mol. The Balaban J connectivity index is 1.63. The van der Waals surface area contributed by atoms with Crippen molar-refractivity contribution in [3.05, 3.63) is 46.8 Å². The van der Waals surface area contributed by atoms with Crippen molar-refractivity contribution in [3.63, 3.8) is 0 Å². The molecule has 3 heterocycles. The van der Waals surface area contributed by atoms with Crippen LogP contribution < -0.4 is 10.6 Å². The number of carbonyl (C=O) groups is 1. The first-order chi connectivity index (χ1) is 12.4. The Morgan fingerprint density at radius 2 is 2.15 bits per heavy atom. The lowest BCUT2D eigenvalue weighted by atomic mass is 9.82. The summed E-state index contributed by atoms with van der Waals surface area (Å²) in [5, 5.41) is 13.1. The molecule has 138 valence electrons. The summed E-state index contributed by atoms with van der Waals surface area (Å²) < 4.78 is 0. The molecule has 0 radical (unpaired) electrons. The molecule has 1 fully saturated rings. The van der Waals surface area contributed by atoms with E-state index in [2.05, 4.69) is 53.7 Å². The number of amides is 2. The van der Waals surface area contributed by atoms with Crippen molar-refractivity contribution in [2.45, 2.75) is 58.2 Å². The minimum atomic E-state index is -0.0785. The third kappa shape index (κ3) is 3.21. The minimum absolute atomic E-state index is 0.0785. The molecule has 0 saturated carbocycles. The van der Waals surface area contributed by atoms with Crippen molar-refractivity contribution in [2.24, 2.45) is 0 Å². The van der Waals surface area contributed by atoms with Crippen LogP contribution in [0.5, 0.6) is 0 Å². The molecule has 0 unspecified atom stereocenters. The van der Waals surface area contributed by atoms with Gasteiger partial charge in [0, 0.05) is 25.3 Å². The number of hydrogen-bond donors (Lipinski definition) is 3. The third-order valence-electron chi connectivity index (χ3n) is 5.43. The van der Waals surface area contributed by atoms with E-state index in [1.54, 1.807) is 12.4 Å². The molecule has 26 heavy (non-hydrogen) atoms. The van der Waals surface area contributed by atoms with E-state index in [9.17, 15) is 4.79 Å². The first kappa shape index (κ1) is 17.1. The molecule has 0 bridgehead atoms. The standard InChI is InChI=1S/C20H27N5O/c1-20(2,3)14-7-13-11-25(19(26)24-15-9-22-23-10-15)12-17(13)16(8-14)18-5-4-6-21-18/h7-10,18,21H,4-6,11-12H2,1-3H3,(H,22,23)(H,24,26)/t18-/m0/s1. The molecule has 6 nitrogen and oxygen atoms in total. The highest BCUT2D eigenvalue weighted by atomic mass is 16.2. The molecule has 1 aromatic heterocycles. The molecule has 0 spiro atoms. The molecular formula is C20H27N5O. The maximum absolute atomic E-state index is 12.7. The van der Waals surface area contributed by atoms with E-state index in [-0.39, 0.29) is 11.4 Å². The Labute approximate surface area is 154 Å². The molecule has 2 aromatic rings. The fourth-order valence-electron chi connectivity index (χ4n) is 3.90. The van der Waals surface area contributed by atoms with Crippen LogP contribution in [0, 0.1) is 0 Å². The number of aromatic amines is 1. The van der Waals surface area contributed by atoms with Crippen LogP contribution in [0.15, 0.2) is 24.5 Å². The Hall–Kier alpha value is -2.34. The van der Waals surface area contributed by atoms with Gasteiger partial charge in [-0.05, 0) is 47.1 Å². The summed E-state index contributed by atoms with van der Waals surface area (Å²) in [5.74, 6) is 0. The summed E-state index contributed by atoms with van der Waals surface area (Å²) in [7, 11) is 0. The van der Waals surface area contributed by atoms with E-state index in [0.717, 1.165) is 6.54 Å². The molecule has 3 N–H and O–H groups in total. The van der Waals surface area contributed by atoms with Gasteiger partial charge in [0.15, 0.2) is 0 Å². The van der Waals surface area contributed by atoms with Gasteiger partial charge in [-0.1, -0.05) is 32.9 Å². The number of nitrogens with one attached hydrogen (secondary N) is 3. The summed E-state index contributed by atoms with van der Waals surface area (Å²) in [6.45, 7) is 9.14. The van der Waals surface area contributed by atoms with Gasteiger partial charge in [-0.3, -0.25) is 5.10 Å². The fraction of sp³-hybridized carbons (Fsp3) is 0.500. The van der Waals surface area contributed by atoms with Crippen molar-refractivity contribution >= 4 is 11.7 Å². The predicted octanol–water partition coefficient (Wildman–Crippen LogP) is 3.68. The van der Waals surface area contributed by atoms with E-state index >= 15 is 0 Å². The van der Waals surface area contributed by atoms with Crippen LogP contribution in [-0.4, -0.2) is 27.7 Å². The van der Waals surface area contributed by atoms with Gasteiger partial charge in [0.1, 0.15) is 0 Å². The van der Waals surface area contributed by atoms with Crippen molar-refractivity contribution in [3.8, 4) is 0 Å². The second-order valence-corrected chi connectivity index (χ2v) is 8.38. The topological polar surface area (TPSA) is 73.1 Å². The molecule has 2 aliphatic heterocycles. The largest absolute Gasteiger partial charge is 0.322 e. The monoisotopic (exact) mass is 353 g/mol. The lowest BCUT2D eigenvalue weighted by molar-refractivity contribution is 0.212. The second-order valence-electron chi connectivity index (χ2n) is 8.38. The number of carbonyl (C=O) groups excluding carboxylic acids is 1. The van der Waals surface area contributed by atoms with Crippen molar-refractivity contribution in [1.29, 1.82) is 0 Å². The lowest BCUT2D eigenvalue weighted by Gasteiger charge is -2.24. The number of rotatable bonds is 2. The number of nitrogens with zero attached hydrogens (tertiary/aromatic N) is 2. The van der Waals surface area contributed by atoms with Gasteiger partial charge in [-0.25, -0.2) is 4.79 Å². The Bertz CT molecular complexity index is 800. The summed E-state index contributed by atoms with van der Waals surface area (Å²) >= 11 is 0. The molecule has 1 saturated heterocycles. The fourth-order valence-corrected chi connectivity index (χ4v) is 3.90. The number of fused-ring (bicyclic) bond motifs is 1. The van der Waals surface area contributed by atoms with Crippen LogP contribution in [-0.2, 0) is 18.5 Å². The maximum atomic E-state index is 12.7. The number of benzene rings is 1. The summed E-state index contributed by atoms with van der Waals surface area (Å²) in [5.41, 5.74) is 6.11. The number of urea groups is 1. The zero-order chi connectivity index (χ0) is 18.3. The third-order valence-corrected chi connectivity index (χ3v) is 5.43. The van der Waals surface area contributed by atoms with Gasteiger partial charge in [0.05, 0.1) is 11.9 Å². The molecule has 2 aliphatic rings. The predicted molar refractivity (Wildman–Crippen MR) is 102 cm³/mol. The van der Waals surface area contributed by atoms with E-state index in [0.29, 0.717) is 24.8 Å². The number of H-pyrrole nitrogens is 1. The SMILES string of the molecule is CC(C)(C)c1cc2c(c([C@@H]3CCCN3)c1)CN(C(=O)Nc1cn[nH]c1)C2. The number of hydrogen-bond acceptors (Lipinski definition) is 3. The van der Waals surface area contributed by atoms with Gasteiger partial charge in [-0.15, -0.1) is 0 Å². The van der Waals surface area contributed by atoms with Gasteiger partial charge >= 0.3 is 6.03 Å². The average Bonchev–Trinajstić information content (AvgIpc) is 3.33. The first-order valence-electron chi connectivity index (χ1n) is 9.36. The highest BCUT2D eigenvalue weighted by Crippen LogP contribution is 2.37. The smallest absolute Gasteiger partial charge is 0.316 e. The molecular weight excluding hydrogens is 326 g/mol. The summed E-state index contributed by atoms with van der Waals surface area (Å²) in [6.07, 6.45) is 5.69. The van der Waals surface area contributed by atoms with Crippen LogP contribution in [0.1, 0.15) is 61.9 Å². The van der Waals surface area contributed by atoms with E-state index in [1.807, 2.05) is 4.90 Å². The van der Waals surface area contributed by atoms with E-state index in [1.165, 1.54) is 35.1 Å². The molecule has 4 rings (SSSR count). The van der Waals surface area contributed by atoms with Gasteiger partial charge in [-0.2, -0.15) is 5.10 Å². The molecule has 6 heteroatoms. The Kier molecular flexibility index (Phi) is 4.23. The highest BCUT2D eigenvalue weighted by molar-refractivity contribution is 5.89. The van der Waals surface area contributed by atoms with Crippen LogP contribution in [0.25, 0.3) is 0 Å². The van der Waals surface area contributed by atoms with E-state index < -0.39 is 0 Å². The molecule has 2 amide bonds. The van der Waals surface area contributed by atoms with Gasteiger partial charge in [0.25, 0.3) is 0 Å². The Morgan fingerprint density at radius 3 is 2.81 bits per heavy atom.